The predicted octanol–water partition coefficient (Wildman–Crippen LogP) is 1.51. The fraction of sp³-hybridized carbons (Fsp3) is 0.667. The lowest BCUT2D eigenvalue weighted by molar-refractivity contribution is 0.239. The highest BCUT2D eigenvalue weighted by atomic mass is 32.2. The van der Waals surface area contributed by atoms with Crippen molar-refractivity contribution in [3.63, 3.8) is 0 Å². The Labute approximate surface area is 145 Å². The van der Waals surface area contributed by atoms with Crippen LogP contribution < -0.4 is 4.72 Å². The van der Waals surface area contributed by atoms with Gasteiger partial charge in [-0.3, -0.25) is 4.90 Å². The van der Waals surface area contributed by atoms with Gasteiger partial charge in [-0.25, -0.2) is 13.1 Å². The van der Waals surface area contributed by atoms with Crippen molar-refractivity contribution in [1.29, 1.82) is 0 Å². The van der Waals surface area contributed by atoms with Crippen LogP contribution in [0.4, 0.5) is 0 Å². The van der Waals surface area contributed by atoms with Gasteiger partial charge in [0.2, 0.25) is 10.0 Å². The first-order valence-corrected chi connectivity index (χ1v) is 10.3. The maximum absolute atomic E-state index is 12.2. The van der Waals surface area contributed by atoms with Crippen LogP contribution in [-0.2, 0) is 16.6 Å². The van der Waals surface area contributed by atoms with Gasteiger partial charge in [-0.1, -0.05) is 19.1 Å². The standard InChI is InChI=1S/C18H27N3O2S/c1-18-12-20(2)10-15(18)11-21(13-18)9-14-3-7-17(8-4-14)24(22,23)19-16-5-6-16/h3-4,7-8,15-16,19H,5-6,9-13H2,1-2H3/t15-,18+/m1/s1. The Kier molecular flexibility index (Phi) is 3.99. The van der Waals surface area contributed by atoms with E-state index in [1.807, 2.05) is 12.1 Å². The molecular weight excluding hydrogens is 322 g/mol. The first-order valence-electron chi connectivity index (χ1n) is 8.86. The van der Waals surface area contributed by atoms with Gasteiger partial charge in [0.1, 0.15) is 0 Å². The first kappa shape index (κ1) is 16.5. The molecule has 2 heterocycles. The molecule has 0 spiro atoms. The fourth-order valence-corrected chi connectivity index (χ4v) is 5.70. The number of rotatable bonds is 5. The Morgan fingerprint density at radius 2 is 1.88 bits per heavy atom. The molecule has 1 saturated carbocycles. The van der Waals surface area contributed by atoms with Crippen LogP contribution in [0.3, 0.4) is 0 Å². The van der Waals surface area contributed by atoms with Crippen LogP contribution in [0.2, 0.25) is 0 Å². The van der Waals surface area contributed by atoms with Gasteiger partial charge in [0, 0.05) is 38.8 Å². The number of sulfonamides is 1. The molecule has 6 heteroatoms. The predicted molar refractivity (Wildman–Crippen MR) is 94.2 cm³/mol. The molecule has 0 unspecified atom stereocenters. The normalized spacial score (nSPS) is 31.5. The third-order valence-electron chi connectivity index (χ3n) is 5.75. The van der Waals surface area contributed by atoms with E-state index in [2.05, 4.69) is 28.5 Å². The topological polar surface area (TPSA) is 52.7 Å². The smallest absolute Gasteiger partial charge is 0.240 e. The average molecular weight is 350 g/mol. The summed E-state index contributed by atoms with van der Waals surface area (Å²) in [4.78, 5) is 5.34. The molecule has 1 N–H and O–H groups in total. The molecule has 132 valence electrons. The van der Waals surface area contributed by atoms with Gasteiger partial charge in [-0.15, -0.1) is 0 Å². The number of hydrogen-bond acceptors (Lipinski definition) is 4. The van der Waals surface area contributed by atoms with Crippen molar-refractivity contribution in [2.75, 3.05) is 33.2 Å². The van der Waals surface area contributed by atoms with Crippen LogP contribution in [0.15, 0.2) is 29.2 Å². The SMILES string of the molecule is CN1C[C@@H]2CN(Cc3ccc(S(=O)(=O)NC4CC4)cc3)C[C@]2(C)C1. The van der Waals surface area contributed by atoms with E-state index in [0.717, 1.165) is 38.4 Å². The zero-order valence-electron chi connectivity index (χ0n) is 14.5. The van der Waals surface area contributed by atoms with Crippen molar-refractivity contribution in [3.05, 3.63) is 29.8 Å². The first-order chi connectivity index (χ1) is 11.3. The van der Waals surface area contributed by atoms with E-state index in [1.54, 1.807) is 12.1 Å². The van der Waals surface area contributed by atoms with Crippen molar-refractivity contribution in [3.8, 4) is 0 Å². The van der Waals surface area contributed by atoms with Crippen LogP contribution in [0.25, 0.3) is 0 Å². The Hall–Kier alpha value is -0.950. The molecule has 0 amide bonds. The maximum Gasteiger partial charge on any atom is 0.240 e. The monoisotopic (exact) mass is 349 g/mol. The lowest BCUT2D eigenvalue weighted by Crippen LogP contribution is -2.30. The Morgan fingerprint density at radius 1 is 1.17 bits per heavy atom. The lowest BCUT2D eigenvalue weighted by Gasteiger charge is -2.24. The third-order valence-corrected chi connectivity index (χ3v) is 7.29. The third kappa shape index (κ3) is 3.25. The molecule has 2 atom stereocenters. The number of hydrogen-bond donors (Lipinski definition) is 1. The summed E-state index contributed by atoms with van der Waals surface area (Å²) < 4.78 is 27.2. The van der Waals surface area contributed by atoms with Crippen molar-refractivity contribution < 1.29 is 8.42 Å². The molecule has 3 aliphatic rings. The summed E-state index contributed by atoms with van der Waals surface area (Å²) in [5, 5.41) is 0. The maximum atomic E-state index is 12.2. The summed E-state index contributed by atoms with van der Waals surface area (Å²) in [5.74, 6) is 0.755. The summed E-state index contributed by atoms with van der Waals surface area (Å²) >= 11 is 0. The number of likely N-dealkylation sites (tertiary alicyclic amines) is 2. The van der Waals surface area contributed by atoms with Gasteiger partial charge in [-0.2, -0.15) is 0 Å². The Morgan fingerprint density at radius 3 is 2.50 bits per heavy atom. The van der Waals surface area contributed by atoms with Crippen molar-refractivity contribution in [2.24, 2.45) is 11.3 Å². The largest absolute Gasteiger partial charge is 0.305 e. The average Bonchev–Trinajstić information content (AvgIpc) is 3.17. The highest BCUT2D eigenvalue weighted by Gasteiger charge is 2.47. The second-order valence-electron chi connectivity index (χ2n) is 8.26. The molecule has 0 radical (unpaired) electrons. The highest BCUT2D eigenvalue weighted by molar-refractivity contribution is 7.89. The van der Waals surface area contributed by atoms with Gasteiger partial charge in [0.15, 0.2) is 0 Å². The van der Waals surface area contributed by atoms with Gasteiger partial charge >= 0.3 is 0 Å². The van der Waals surface area contributed by atoms with Crippen molar-refractivity contribution in [2.45, 2.75) is 37.2 Å². The fourth-order valence-electron chi connectivity index (χ4n) is 4.39. The van der Waals surface area contributed by atoms with Crippen LogP contribution in [-0.4, -0.2) is 57.5 Å². The molecule has 0 aromatic heterocycles. The molecule has 0 bridgehead atoms. The zero-order valence-corrected chi connectivity index (χ0v) is 15.3. The van der Waals surface area contributed by atoms with E-state index in [-0.39, 0.29) is 6.04 Å². The van der Waals surface area contributed by atoms with E-state index >= 15 is 0 Å². The lowest BCUT2D eigenvalue weighted by atomic mass is 9.83. The number of benzene rings is 1. The van der Waals surface area contributed by atoms with Crippen LogP contribution in [0.5, 0.6) is 0 Å². The Bertz CT molecular complexity index is 714. The Balaban J connectivity index is 1.40. The molecule has 24 heavy (non-hydrogen) atoms. The van der Waals surface area contributed by atoms with E-state index in [0.29, 0.717) is 10.3 Å². The summed E-state index contributed by atoms with van der Waals surface area (Å²) in [6.07, 6.45) is 1.92. The van der Waals surface area contributed by atoms with Crippen LogP contribution in [0, 0.1) is 11.3 Å². The second kappa shape index (κ2) is 5.80. The summed E-state index contributed by atoms with van der Waals surface area (Å²) in [6.45, 7) is 7.96. The molecule has 1 aromatic carbocycles. The molecule has 1 aromatic rings. The minimum Gasteiger partial charge on any atom is -0.305 e. The molecule has 1 aliphatic carbocycles. The van der Waals surface area contributed by atoms with Crippen molar-refractivity contribution in [1.82, 2.24) is 14.5 Å². The van der Waals surface area contributed by atoms with E-state index < -0.39 is 10.0 Å². The highest BCUT2D eigenvalue weighted by Crippen LogP contribution is 2.41. The zero-order chi connectivity index (χ0) is 16.9. The van der Waals surface area contributed by atoms with Crippen LogP contribution in [0.1, 0.15) is 25.3 Å². The van der Waals surface area contributed by atoms with E-state index in [1.165, 1.54) is 18.7 Å². The number of nitrogens with one attached hydrogen (secondary N) is 1. The molecule has 3 fully saturated rings. The molecule has 4 rings (SSSR count). The summed E-state index contributed by atoms with van der Waals surface area (Å²) in [6, 6.07) is 7.56. The van der Waals surface area contributed by atoms with Crippen LogP contribution >= 0.6 is 0 Å². The van der Waals surface area contributed by atoms with Gasteiger partial charge < -0.3 is 4.90 Å². The number of nitrogens with zero attached hydrogens (tertiary/aromatic N) is 2. The van der Waals surface area contributed by atoms with Gasteiger partial charge in [-0.05, 0) is 48.9 Å². The molecule has 5 nitrogen and oxygen atoms in total. The second-order valence-corrected chi connectivity index (χ2v) is 9.97. The molecule has 2 saturated heterocycles. The minimum absolute atomic E-state index is 0.151. The molecular formula is C18H27N3O2S. The van der Waals surface area contributed by atoms with E-state index in [4.69, 9.17) is 0 Å². The van der Waals surface area contributed by atoms with E-state index in [9.17, 15) is 8.42 Å². The minimum atomic E-state index is -3.34. The van der Waals surface area contributed by atoms with Crippen molar-refractivity contribution >= 4 is 10.0 Å². The summed E-state index contributed by atoms with van der Waals surface area (Å²) in [7, 11) is -1.13. The quantitative estimate of drug-likeness (QED) is 0.876. The molecule has 2 aliphatic heterocycles. The van der Waals surface area contributed by atoms with Gasteiger partial charge in [0.25, 0.3) is 0 Å². The van der Waals surface area contributed by atoms with Gasteiger partial charge in [0.05, 0.1) is 4.90 Å². The summed E-state index contributed by atoms with van der Waals surface area (Å²) in [5.41, 5.74) is 1.60. The number of fused-ring (bicyclic) bond motifs is 1.